The van der Waals surface area contributed by atoms with Crippen LogP contribution in [0.1, 0.15) is 22.8 Å². The van der Waals surface area contributed by atoms with E-state index in [-0.39, 0.29) is 18.2 Å². The number of nitrogens with zero attached hydrogens (tertiary/aromatic N) is 1. The Morgan fingerprint density at radius 2 is 1.89 bits per heavy atom. The van der Waals surface area contributed by atoms with Gasteiger partial charge in [-0.3, -0.25) is 9.59 Å². The van der Waals surface area contributed by atoms with Crippen LogP contribution < -0.4 is 5.32 Å². The standard InChI is InChI=1S/C15H16N2O2/c1-12(18)14-7-8-17(10-14)11-15(19)16-9-13-5-3-2-4-6-13/h2-8,10H,9,11H2,1H3,(H,16,19). The Kier molecular flexibility index (Phi) is 4.13. The fourth-order valence-electron chi connectivity index (χ4n) is 1.77. The molecule has 4 heteroatoms. The Balaban J connectivity index is 1.85. The topological polar surface area (TPSA) is 51.1 Å². The van der Waals surface area contributed by atoms with E-state index in [4.69, 9.17) is 0 Å². The van der Waals surface area contributed by atoms with Crippen LogP contribution in [0.4, 0.5) is 0 Å². The third-order valence-corrected chi connectivity index (χ3v) is 2.82. The summed E-state index contributed by atoms with van der Waals surface area (Å²) < 4.78 is 1.71. The van der Waals surface area contributed by atoms with E-state index >= 15 is 0 Å². The van der Waals surface area contributed by atoms with E-state index in [1.165, 1.54) is 6.92 Å². The first-order chi connectivity index (χ1) is 9.15. The summed E-state index contributed by atoms with van der Waals surface area (Å²) in [5.41, 5.74) is 1.68. The number of Topliss-reactive ketones (excluding diaryl/α,β-unsaturated/α-hetero) is 1. The minimum atomic E-state index is -0.0745. The molecule has 1 N–H and O–H groups in total. The molecule has 98 valence electrons. The minimum absolute atomic E-state index is 0.00319. The number of carbonyl (C=O) groups excluding carboxylic acids is 2. The molecule has 4 nitrogen and oxygen atoms in total. The lowest BCUT2D eigenvalue weighted by atomic mass is 10.2. The Hall–Kier alpha value is -2.36. The van der Waals surface area contributed by atoms with Crippen LogP contribution in [0, 0.1) is 0 Å². The molecule has 0 saturated carbocycles. The van der Waals surface area contributed by atoms with Gasteiger partial charge in [0.15, 0.2) is 5.78 Å². The lowest BCUT2D eigenvalue weighted by Crippen LogP contribution is -2.26. The summed E-state index contributed by atoms with van der Waals surface area (Å²) >= 11 is 0. The van der Waals surface area contributed by atoms with E-state index < -0.39 is 0 Å². The van der Waals surface area contributed by atoms with Crippen molar-refractivity contribution in [2.24, 2.45) is 0 Å². The van der Waals surface area contributed by atoms with Crippen LogP contribution in [0.3, 0.4) is 0 Å². The number of hydrogen-bond donors (Lipinski definition) is 1. The van der Waals surface area contributed by atoms with Crippen LogP contribution in [0.5, 0.6) is 0 Å². The zero-order chi connectivity index (χ0) is 13.7. The van der Waals surface area contributed by atoms with Gasteiger partial charge in [0, 0.05) is 24.5 Å². The van der Waals surface area contributed by atoms with Crippen LogP contribution in [0.2, 0.25) is 0 Å². The van der Waals surface area contributed by atoms with Crippen molar-refractivity contribution in [3.63, 3.8) is 0 Å². The quantitative estimate of drug-likeness (QED) is 0.832. The van der Waals surface area contributed by atoms with Crippen molar-refractivity contribution in [3.05, 3.63) is 59.9 Å². The van der Waals surface area contributed by atoms with Crippen molar-refractivity contribution in [1.82, 2.24) is 9.88 Å². The zero-order valence-electron chi connectivity index (χ0n) is 10.8. The Morgan fingerprint density at radius 3 is 2.53 bits per heavy atom. The number of rotatable bonds is 5. The largest absolute Gasteiger partial charge is 0.350 e. The molecule has 0 aliphatic heterocycles. The highest BCUT2D eigenvalue weighted by Crippen LogP contribution is 2.02. The van der Waals surface area contributed by atoms with Crippen molar-refractivity contribution in [1.29, 1.82) is 0 Å². The first-order valence-electron chi connectivity index (χ1n) is 6.12. The highest BCUT2D eigenvalue weighted by Gasteiger charge is 2.05. The maximum Gasteiger partial charge on any atom is 0.240 e. The van der Waals surface area contributed by atoms with Gasteiger partial charge in [0.25, 0.3) is 0 Å². The van der Waals surface area contributed by atoms with Gasteiger partial charge in [0.2, 0.25) is 5.91 Å². The number of benzene rings is 1. The average Bonchev–Trinajstić information content (AvgIpc) is 2.86. The van der Waals surface area contributed by atoms with E-state index in [0.29, 0.717) is 12.1 Å². The average molecular weight is 256 g/mol. The fourth-order valence-corrected chi connectivity index (χ4v) is 1.77. The molecular weight excluding hydrogens is 240 g/mol. The first kappa shape index (κ1) is 13.1. The normalized spacial score (nSPS) is 10.2. The predicted octanol–water partition coefficient (Wildman–Crippen LogP) is 2.01. The molecular formula is C15H16N2O2. The Labute approximate surface area is 112 Å². The fraction of sp³-hybridized carbons (Fsp3) is 0.200. The minimum Gasteiger partial charge on any atom is -0.350 e. The van der Waals surface area contributed by atoms with Gasteiger partial charge in [-0.2, -0.15) is 0 Å². The van der Waals surface area contributed by atoms with E-state index in [0.717, 1.165) is 5.56 Å². The molecule has 1 aromatic carbocycles. The number of nitrogens with one attached hydrogen (secondary N) is 1. The molecule has 0 aliphatic carbocycles. The van der Waals surface area contributed by atoms with Crippen molar-refractivity contribution >= 4 is 11.7 Å². The van der Waals surface area contributed by atoms with Gasteiger partial charge in [-0.1, -0.05) is 30.3 Å². The van der Waals surface area contributed by atoms with Crippen LogP contribution in [0.15, 0.2) is 48.8 Å². The number of carbonyl (C=O) groups is 2. The van der Waals surface area contributed by atoms with Gasteiger partial charge in [-0.25, -0.2) is 0 Å². The van der Waals surface area contributed by atoms with Crippen LogP contribution in [0.25, 0.3) is 0 Å². The first-order valence-corrected chi connectivity index (χ1v) is 6.12. The second kappa shape index (κ2) is 6.00. The summed E-state index contributed by atoms with van der Waals surface area (Å²) in [4.78, 5) is 22.9. The van der Waals surface area contributed by atoms with Gasteiger partial charge < -0.3 is 9.88 Å². The second-order valence-corrected chi connectivity index (χ2v) is 4.39. The molecule has 0 bridgehead atoms. The number of ketones is 1. The van der Waals surface area contributed by atoms with Crippen LogP contribution in [-0.4, -0.2) is 16.3 Å². The smallest absolute Gasteiger partial charge is 0.240 e. The maximum absolute atomic E-state index is 11.7. The van der Waals surface area contributed by atoms with Gasteiger partial charge in [-0.15, -0.1) is 0 Å². The molecule has 0 radical (unpaired) electrons. The second-order valence-electron chi connectivity index (χ2n) is 4.39. The predicted molar refractivity (Wildman–Crippen MR) is 72.7 cm³/mol. The lowest BCUT2D eigenvalue weighted by Gasteiger charge is -2.06. The molecule has 0 saturated heterocycles. The van der Waals surface area contributed by atoms with Crippen molar-refractivity contribution in [2.75, 3.05) is 0 Å². The summed E-state index contributed by atoms with van der Waals surface area (Å²) in [6, 6.07) is 11.5. The van der Waals surface area contributed by atoms with Crippen molar-refractivity contribution in [2.45, 2.75) is 20.0 Å². The molecule has 1 amide bonds. The third kappa shape index (κ3) is 3.81. The molecule has 0 spiro atoms. The molecule has 2 aromatic rings. The summed E-state index contributed by atoms with van der Waals surface area (Å²) in [5.74, 6) is -0.0713. The van der Waals surface area contributed by atoms with Crippen LogP contribution in [-0.2, 0) is 17.9 Å². The molecule has 0 fully saturated rings. The van der Waals surface area contributed by atoms with E-state index in [1.54, 1.807) is 23.0 Å². The molecule has 19 heavy (non-hydrogen) atoms. The zero-order valence-corrected chi connectivity index (χ0v) is 10.8. The monoisotopic (exact) mass is 256 g/mol. The summed E-state index contributed by atoms with van der Waals surface area (Å²) in [6.07, 6.45) is 3.42. The summed E-state index contributed by atoms with van der Waals surface area (Å²) in [7, 11) is 0. The van der Waals surface area contributed by atoms with Gasteiger partial charge in [-0.05, 0) is 18.6 Å². The van der Waals surface area contributed by atoms with Crippen LogP contribution >= 0.6 is 0 Å². The molecule has 2 rings (SSSR count). The molecule has 1 heterocycles. The number of hydrogen-bond acceptors (Lipinski definition) is 2. The van der Waals surface area contributed by atoms with Gasteiger partial charge in [0.05, 0.1) is 0 Å². The highest BCUT2D eigenvalue weighted by atomic mass is 16.2. The van der Waals surface area contributed by atoms with E-state index in [1.807, 2.05) is 30.3 Å². The molecule has 1 aromatic heterocycles. The van der Waals surface area contributed by atoms with Gasteiger partial charge in [0.1, 0.15) is 6.54 Å². The molecule has 0 unspecified atom stereocenters. The van der Waals surface area contributed by atoms with Crippen molar-refractivity contribution in [3.8, 4) is 0 Å². The highest BCUT2D eigenvalue weighted by molar-refractivity contribution is 5.93. The SMILES string of the molecule is CC(=O)c1ccn(CC(=O)NCc2ccccc2)c1. The number of amides is 1. The summed E-state index contributed by atoms with van der Waals surface area (Å²) in [5, 5.41) is 2.84. The van der Waals surface area contributed by atoms with E-state index in [9.17, 15) is 9.59 Å². The Morgan fingerprint density at radius 1 is 1.16 bits per heavy atom. The van der Waals surface area contributed by atoms with Crippen molar-refractivity contribution < 1.29 is 9.59 Å². The number of aromatic nitrogens is 1. The van der Waals surface area contributed by atoms with E-state index in [2.05, 4.69) is 5.32 Å². The maximum atomic E-state index is 11.7. The molecule has 0 aliphatic rings. The lowest BCUT2D eigenvalue weighted by molar-refractivity contribution is -0.121. The molecule has 0 atom stereocenters. The van der Waals surface area contributed by atoms with Gasteiger partial charge >= 0.3 is 0 Å². The Bertz CT molecular complexity index is 573. The summed E-state index contributed by atoms with van der Waals surface area (Å²) in [6.45, 7) is 2.25. The third-order valence-electron chi connectivity index (χ3n) is 2.82.